The summed E-state index contributed by atoms with van der Waals surface area (Å²) in [4.78, 5) is 39.9. The van der Waals surface area contributed by atoms with E-state index in [1.165, 1.54) is 18.2 Å². The second kappa shape index (κ2) is 5.64. The summed E-state index contributed by atoms with van der Waals surface area (Å²) in [5.74, 6) is -0.505. The van der Waals surface area contributed by atoms with E-state index in [-0.39, 0.29) is 16.8 Å². The first kappa shape index (κ1) is 14.6. The Morgan fingerprint density at radius 2 is 1.70 bits per heavy atom. The van der Waals surface area contributed by atoms with Crippen LogP contribution in [-0.2, 0) is 6.42 Å². The van der Waals surface area contributed by atoms with E-state index in [0.717, 1.165) is 0 Å². The van der Waals surface area contributed by atoms with Gasteiger partial charge in [-0.1, -0.05) is 30.1 Å². The quantitative estimate of drug-likeness (QED) is 0.852. The lowest BCUT2D eigenvalue weighted by molar-refractivity contribution is 0.103. The van der Waals surface area contributed by atoms with Crippen LogP contribution in [0.2, 0.25) is 10.0 Å². The van der Waals surface area contributed by atoms with Gasteiger partial charge in [-0.3, -0.25) is 14.6 Å². The Hall–Kier alpha value is -1.85. The molecular formula is C13H10Cl2N2O3. The molecule has 2 rings (SSSR count). The van der Waals surface area contributed by atoms with E-state index in [1.54, 1.807) is 6.92 Å². The van der Waals surface area contributed by atoms with Crippen molar-refractivity contribution in [3.8, 4) is 0 Å². The molecule has 7 heteroatoms. The highest BCUT2D eigenvalue weighted by molar-refractivity contribution is 6.35. The fraction of sp³-hybridized carbons (Fsp3) is 0.154. The minimum absolute atomic E-state index is 0.0421. The van der Waals surface area contributed by atoms with Crippen LogP contribution in [0, 0.1) is 0 Å². The van der Waals surface area contributed by atoms with Gasteiger partial charge >= 0.3 is 5.69 Å². The molecule has 0 atom stereocenters. The summed E-state index contributed by atoms with van der Waals surface area (Å²) in [6, 6.07) is 4.34. The maximum atomic E-state index is 12.4. The lowest BCUT2D eigenvalue weighted by atomic mass is 10.0. The highest BCUT2D eigenvalue weighted by atomic mass is 35.5. The van der Waals surface area contributed by atoms with Crippen molar-refractivity contribution >= 4 is 29.0 Å². The molecule has 1 aromatic heterocycles. The van der Waals surface area contributed by atoms with Crippen LogP contribution in [0.25, 0.3) is 0 Å². The summed E-state index contributed by atoms with van der Waals surface area (Å²) >= 11 is 11.7. The molecule has 1 heterocycles. The van der Waals surface area contributed by atoms with Crippen LogP contribution in [0.5, 0.6) is 0 Å². The number of benzene rings is 1. The van der Waals surface area contributed by atoms with Crippen molar-refractivity contribution in [1.29, 1.82) is 0 Å². The molecule has 0 radical (unpaired) electrons. The number of aromatic amines is 2. The molecule has 0 aliphatic heterocycles. The molecule has 104 valence electrons. The van der Waals surface area contributed by atoms with Crippen molar-refractivity contribution < 1.29 is 4.79 Å². The van der Waals surface area contributed by atoms with Gasteiger partial charge in [0.05, 0.1) is 5.69 Å². The number of carbonyl (C=O) groups excluding carboxylic acids is 1. The SMILES string of the molecule is CCc1c(C(=O)c2cc(Cl)cc(Cl)c2)[nH]c(=O)[nH]c1=O. The summed E-state index contributed by atoms with van der Waals surface area (Å²) in [6.45, 7) is 1.71. The number of H-pyrrole nitrogens is 2. The summed E-state index contributed by atoms with van der Waals surface area (Å²) < 4.78 is 0. The van der Waals surface area contributed by atoms with E-state index < -0.39 is 17.0 Å². The van der Waals surface area contributed by atoms with E-state index in [2.05, 4.69) is 9.97 Å². The Kier molecular flexibility index (Phi) is 4.11. The molecule has 0 aliphatic rings. The van der Waals surface area contributed by atoms with Crippen LogP contribution in [0.1, 0.15) is 28.5 Å². The summed E-state index contributed by atoms with van der Waals surface area (Å²) in [5.41, 5.74) is -0.930. The molecule has 0 amide bonds. The van der Waals surface area contributed by atoms with E-state index in [1.807, 2.05) is 0 Å². The molecule has 0 saturated heterocycles. The van der Waals surface area contributed by atoms with Crippen molar-refractivity contribution in [3.63, 3.8) is 0 Å². The monoisotopic (exact) mass is 312 g/mol. The first-order valence-electron chi connectivity index (χ1n) is 5.78. The van der Waals surface area contributed by atoms with Crippen LogP contribution in [0.4, 0.5) is 0 Å². The van der Waals surface area contributed by atoms with Crippen molar-refractivity contribution in [3.05, 3.63) is 65.9 Å². The fourth-order valence-corrected chi connectivity index (χ4v) is 2.40. The van der Waals surface area contributed by atoms with E-state index in [0.29, 0.717) is 16.5 Å². The molecule has 2 aromatic rings. The number of halogens is 2. The van der Waals surface area contributed by atoms with Gasteiger partial charge in [-0.05, 0) is 24.6 Å². The highest BCUT2D eigenvalue weighted by Crippen LogP contribution is 2.21. The number of ketones is 1. The zero-order valence-electron chi connectivity index (χ0n) is 10.4. The lowest BCUT2D eigenvalue weighted by Gasteiger charge is -2.06. The van der Waals surface area contributed by atoms with Crippen LogP contribution in [0.15, 0.2) is 27.8 Å². The predicted octanol–water partition coefficient (Wildman–Crippen LogP) is 2.16. The molecule has 0 bridgehead atoms. The molecule has 0 spiro atoms. The molecule has 5 nitrogen and oxygen atoms in total. The standard InChI is InChI=1S/C13H10Cl2N2O3/c1-2-9-10(16-13(20)17-12(9)19)11(18)6-3-7(14)5-8(15)4-6/h3-5H,2H2,1H3,(H2,16,17,19,20). The fourth-order valence-electron chi connectivity index (χ4n) is 1.87. The van der Waals surface area contributed by atoms with Crippen LogP contribution in [-0.4, -0.2) is 15.8 Å². The van der Waals surface area contributed by atoms with Gasteiger partial charge in [-0.25, -0.2) is 4.79 Å². The largest absolute Gasteiger partial charge is 0.326 e. The van der Waals surface area contributed by atoms with Crippen LogP contribution in [0.3, 0.4) is 0 Å². The van der Waals surface area contributed by atoms with Crippen molar-refractivity contribution in [2.75, 3.05) is 0 Å². The van der Waals surface area contributed by atoms with Gasteiger partial charge in [-0.15, -0.1) is 0 Å². The Morgan fingerprint density at radius 1 is 1.10 bits per heavy atom. The Bertz CT molecular complexity index is 773. The summed E-state index contributed by atoms with van der Waals surface area (Å²) in [5, 5.41) is 0.595. The minimum Gasteiger partial charge on any atom is -0.304 e. The maximum Gasteiger partial charge on any atom is 0.326 e. The molecular weight excluding hydrogens is 303 g/mol. The number of carbonyl (C=O) groups is 1. The number of hydrogen-bond acceptors (Lipinski definition) is 3. The molecule has 2 N–H and O–H groups in total. The minimum atomic E-state index is -0.733. The third-order valence-corrected chi connectivity index (χ3v) is 3.18. The zero-order valence-corrected chi connectivity index (χ0v) is 11.9. The van der Waals surface area contributed by atoms with Crippen LogP contribution < -0.4 is 11.2 Å². The van der Waals surface area contributed by atoms with Gasteiger partial charge < -0.3 is 4.98 Å². The first-order chi connectivity index (χ1) is 9.42. The lowest BCUT2D eigenvalue weighted by Crippen LogP contribution is -2.30. The third-order valence-electron chi connectivity index (χ3n) is 2.75. The molecule has 1 aromatic carbocycles. The summed E-state index contributed by atoms with van der Waals surface area (Å²) in [7, 11) is 0. The summed E-state index contributed by atoms with van der Waals surface area (Å²) in [6.07, 6.45) is 0.307. The third kappa shape index (κ3) is 2.84. The Balaban J connectivity index is 2.64. The maximum absolute atomic E-state index is 12.4. The Morgan fingerprint density at radius 3 is 2.25 bits per heavy atom. The highest BCUT2D eigenvalue weighted by Gasteiger charge is 2.18. The van der Waals surface area contributed by atoms with E-state index in [9.17, 15) is 14.4 Å². The number of rotatable bonds is 3. The van der Waals surface area contributed by atoms with Gasteiger partial charge in [0, 0.05) is 21.2 Å². The van der Waals surface area contributed by atoms with Gasteiger partial charge in [0.15, 0.2) is 0 Å². The van der Waals surface area contributed by atoms with Gasteiger partial charge in [0.1, 0.15) is 0 Å². The first-order valence-corrected chi connectivity index (χ1v) is 6.54. The van der Waals surface area contributed by atoms with Gasteiger partial charge in [0.2, 0.25) is 5.78 Å². The van der Waals surface area contributed by atoms with Crippen molar-refractivity contribution in [1.82, 2.24) is 9.97 Å². The normalized spacial score (nSPS) is 10.6. The van der Waals surface area contributed by atoms with Gasteiger partial charge in [0.25, 0.3) is 5.56 Å². The predicted molar refractivity (Wildman–Crippen MR) is 77.0 cm³/mol. The van der Waals surface area contributed by atoms with Gasteiger partial charge in [-0.2, -0.15) is 0 Å². The van der Waals surface area contributed by atoms with E-state index >= 15 is 0 Å². The molecule has 0 aliphatic carbocycles. The van der Waals surface area contributed by atoms with E-state index in [4.69, 9.17) is 23.2 Å². The number of hydrogen-bond donors (Lipinski definition) is 2. The second-order valence-electron chi connectivity index (χ2n) is 4.10. The average Bonchev–Trinajstić information content (AvgIpc) is 2.35. The van der Waals surface area contributed by atoms with Crippen LogP contribution >= 0.6 is 23.2 Å². The molecule has 0 fully saturated rings. The number of nitrogens with one attached hydrogen (secondary N) is 2. The Labute approximate surface area is 123 Å². The van der Waals surface area contributed by atoms with Crippen molar-refractivity contribution in [2.24, 2.45) is 0 Å². The smallest absolute Gasteiger partial charge is 0.304 e. The second-order valence-corrected chi connectivity index (χ2v) is 4.98. The molecule has 0 saturated carbocycles. The topological polar surface area (TPSA) is 82.8 Å². The number of aromatic nitrogens is 2. The zero-order chi connectivity index (χ0) is 14.9. The van der Waals surface area contributed by atoms with Crippen molar-refractivity contribution in [2.45, 2.75) is 13.3 Å². The average molecular weight is 313 g/mol. The molecule has 0 unspecified atom stereocenters. The molecule has 20 heavy (non-hydrogen) atoms.